The number of nitrogens with zero attached hydrogens (tertiary/aromatic N) is 1. The molecule has 0 bridgehead atoms. The monoisotopic (exact) mass is 439 g/mol. The highest BCUT2D eigenvalue weighted by atomic mass is 35.5. The third-order valence-electron chi connectivity index (χ3n) is 6.00. The standard InChI is InChI=1S/C25H26ClNO2S/c1-24(2)18-25(3,20-13-15-21(26)16-14-20)22-11-7-8-12-23(22)27(24)30(28,29)17-19-9-5-4-6-10-19/h4-16H,17-18H2,1-3H3/t25-/m0/s1. The average Bonchev–Trinajstić information content (AvgIpc) is 2.68. The minimum Gasteiger partial charge on any atom is -0.264 e. The molecule has 0 unspecified atom stereocenters. The van der Waals surface area contributed by atoms with Crippen molar-refractivity contribution < 1.29 is 8.42 Å². The Hall–Kier alpha value is -2.30. The van der Waals surface area contributed by atoms with Gasteiger partial charge in [-0.05, 0) is 55.2 Å². The largest absolute Gasteiger partial charge is 0.264 e. The molecular formula is C25H26ClNO2S. The second kappa shape index (κ2) is 7.44. The van der Waals surface area contributed by atoms with Crippen molar-refractivity contribution in [3.05, 3.63) is 101 Å². The first kappa shape index (κ1) is 21.0. The highest BCUT2D eigenvalue weighted by Gasteiger charge is 2.49. The number of benzene rings is 3. The van der Waals surface area contributed by atoms with Crippen molar-refractivity contribution >= 4 is 27.3 Å². The van der Waals surface area contributed by atoms with E-state index in [2.05, 4.69) is 6.92 Å². The number of para-hydroxylation sites is 1. The fraction of sp³-hybridized carbons (Fsp3) is 0.280. The fourth-order valence-corrected chi connectivity index (χ4v) is 7.07. The van der Waals surface area contributed by atoms with Gasteiger partial charge in [0.25, 0.3) is 0 Å². The van der Waals surface area contributed by atoms with Gasteiger partial charge < -0.3 is 0 Å². The number of fused-ring (bicyclic) bond motifs is 1. The normalized spacial score (nSPS) is 20.6. The van der Waals surface area contributed by atoms with Gasteiger partial charge in [0, 0.05) is 10.4 Å². The average molecular weight is 440 g/mol. The zero-order valence-corrected chi connectivity index (χ0v) is 19.0. The summed E-state index contributed by atoms with van der Waals surface area (Å²) in [4.78, 5) is 0. The molecule has 4 rings (SSSR count). The first-order valence-corrected chi connectivity index (χ1v) is 12.0. The zero-order valence-electron chi connectivity index (χ0n) is 17.5. The van der Waals surface area contributed by atoms with Gasteiger partial charge in [-0.3, -0.25) is 4.31 Å². The predicted molar refractivity (Wildman–Crippen MR) is 125 cm³/mol. The lowest BCUT2D eigenvalue weighted by atomic mass is 9.66. The van der Waals surface area contributed by atoms with Gasteiger partial charge in [0.2, 0.25) is 10.0 Å². The summed E-state index contributed by atoms with van der Waals surface area (Å²) in [5, 5.41) is 0.692. The van der Waals surface area contributed by atoms with Gasteiger partial charge in [-0.25, -0.2) is 8.42 Å². The van der Waals surface area contributed by atoms with Crippen LogP contribution in [0.4, 0.5) is 5.69 Å². The minimum absolute atomic E-state index is 0.0245. The van der Waals surface area contributed by atoms with Crippen LogP contribution in [0.5, 0.6) is 0 Å². The third-order valence-corrected chi connectivity index (χ3v) is 8.20. The summed E-state index contributed by atoms with van der Waals surface area (Å²) in [6.45, 7) is 6.22. The smallest absolute Gasteiger partial charge is 0.239 e. The highest BCUT2D eigenvalue weighted by molar-refractivity contribution is 7.92. The Labute approximate surface area is 184 Å². The van der Waals surface area contributed by atoms with Crippen molar-refractivity contribution in [1.82, 2.24) is 0 Å². The van der Waals surface area contributed by atoms with Crippen molar-refractivity contribution in [3.63, 3.8) is 0 Å². The SMILES string of the molecule is CC1(C)C[C@@](C)(c2ccc(Cl)cc2)c2ccccc2N1S(=O)(=O)Cc1ccccc1. The number of halogens is 1. The van der Waals surface area contributed by atoms with E-state index in [0.29, 0.717) is 11.4 Å². The Bertz CT molecular complexity index is 1160. The Kier molecular flexibility index (Phi) is 5.19. The Morgan fingerprint density at radius 2 is 1.47 bits per heavy atom. The van der Waals surface area contributed by atoms with Crippen LogP contribution in [-0.2, 0) is 21.2 Å². The van der Waals surface area contributed by atoms with Gasteiger partial charge in [0.15, 0.2) is 0 Å². The molecule has 0 spiro atoms. The molecule has 1 heterocycles. The molecule has 0 fully saturated rings. The summed E-state index contributed by atoms with van der Waals surface area (Å²) in [7, 11) is -3.58. The van der Waals surface area contributed by atoms with Crippen LogP contribution < -0.4 is 4.31 Å². The van der Waals surface area contributed by atoms with Crippen LogP contribution in [0.2, 0.25) is 5.02 Å². The number of anilines is 1. The quantitative estimate of drug-likeness (QED) is 0.487. The van der Waals surface area contributed by atoms with Crippen molar-refractivity contribution in [2.45, 2.75) is 43.9 Å². The number of sulfonamides is 1. The van der Waals surface area contributed by atoms with E-state index in [-0.39, 0.29) is 11.2 Å². The molecule has 3 nitrogen and oxygen atoms in total. The van der Waals surface area contributed by atoms with Gasteiger partial charge in [-0.2, -0.15) is 0 Å². The van der Waals surface area contributed by atoms with Crippen LogP contribution in [-0.4, -0.2) is 14.0 Å². The lowest BCUT2D eigenvalue weighted by Crippen LogP contribution is -2.56. The van der Waals surface area contributed by atoms with Gasteiger partial charge >= 0.3 is 0 Å². The Morgan fingerprint density at radius 1 is 0.867 bits per heavy atom. The molecule has 1 atom stereocenters. The van der Waals surface area contributed by atoms with Crippen LogP contribution in [0.3, 0.4) is 0 Å². The summed E-state index contributed by atoms with van der Waals surface area (Å²) in [5.74, 6) is -0.0245. The van der Waals surface area contributed by atoms with Gasteiger partial charge in [0.05, 0.1) is 17.0 Å². The molecule has 0 N–H and O–H groups in total. The second-order valence-electron chi connectivity index (χ2n) is 8.85. The topological polar surface area (TPSA) is 37.4 Å². The summed E-state index contributed by atoms with van der Waals surface area (Å²) < 4.78 is 28.9. The van der Waals surface area contributed by atoms with E-state index < -0.39 is 15.6 Å². The van der Waals surface area contributed by atoms with E-state index in [1.165, 1.54) is 0 Å². The molecule has 0 saturated heterocycles. The van der Waals surface area contributed by atoms with E-state index in [1.807, 2.05) is 92.7 Å². The molecule has 0 radical (unpaired) electrons. The molecule has 5 heteroatoms. The second-order valence-corrected chi connectivity index (χ2v) is 11.1. The maximum atomic E-state index is 13.6. The zero-order chi connectivity index (χ0) is 21.6. The van der Waals surface area contributed by atoms with E-state index >= 15 is 0 Å². The van der Waals surface area contributed by atoms with E-state index in [1.54, 1.807) is 4.31 Å². The summed E-state index contributed by atoms with van der Waals surface area (Å²) in [6.07, 6.45) is 0.659. The lowest BCUT2D eigenvalue weighted by Gasteiger charge is -2.51. The Morgan fingerprint density at radius 3 is 2.13 bits per heavy atom. The molecule has 1 aliphatic rings. The van der Waals surface area contributed by atoms with E-state index in [4.69, 9.17) is 11.6 Å². The molecule has 3 aromatic carbocycles. The summed E-state index contributed by atoms with van der Waals surface area (Å²) in [5.41, 5.74) is 2.76. The molecule has 1 aliphatic heterocycles. The number of hydrogen-bond acceptors (Lipinski definition) is 2. The Balaban J connectivity index is 1.86. The molecule has 0 saturated carbocycles. The molecule has 0 aliphatic carbocycles. The molecule has 0 amide bonds. The molecule has 0 aromatic heterocycles. The fourth-order valence-electron chi connectivity index (χ4n) is 4.93. The molecule has 30 heavy (non-hydrogen) atoms. The lowest BCUT2D eigenvalue weighted by molar-refractivity contribution is 0.351. The first-order chi connectivity index (χ1) is 14.1. The maximum Gasteiger partial charge on any atom is 0.239 e. The van der Waals surface area contributed by atoms with Gasteiger partial charge in [0.1, 0.15) is 0 Å². The summed E-state index contributed by atoms with van der Waals surface area (Å²) >= 11 is 6.12. The van der Waals surface area contributed by atoms with Crippen LogP contribution >= 0.6 is 11.6 Å². The van der Waals surface area contributed by atoms with Gasteiger partial charge in [-0.1, -0.05) is 79.2 Å². The minimum atomic E-state index is -3.58. The van der Waals surface area contributed by atoms with E-state index in [9.17, 15) is 8.42 Å². The van der Waals surface area contributed by atoms with Gasteiger partial charge in [-0.15, -0.1) is 0 Å². The van der Waals surface area contributed by atoms with E-state index in [0.717, 1.165) is 22.4 Å². The molecule has 3 aromatic rings. The maximum absolute atomic E-state index is 13.6. The first-order valence-electron chi connectivity index (χ1n) is 10.1. The summed E-state index contributed by atoms with van der Waals surface area (Å²) in [6, 6.07) is 25.1. The number of hydrogen-bond donors (Lipinski definition) is 0. The van der Waals surface area contributed by atoms with Crippen molar-refractivity contribution in [1.29, 1.82) is 0 Å². The van der Waals surface area contributed by atoms with Crippen molar-refractivity contribution in [3.8, 4) is 0 Å². The van der Waals surface area contributed by atoms with Crippen molar-refractivity contribution in [2.24, 2.45) is 0 Å². The van der Waals surface area contributed by atoms with Crippen LogP contribution in [0.1, 0.15) is 43.9 Å². The predicted octanol–water partition coefficient (Wildman–Crippen LogP) is 6.16. The van der Waals surface area contributed by atoms with Crippen molar-refractivity contribution in [2.75, 3.05) is 4.31 Å². The molecule has 156 valence electrons. The van der Waals surface area contributed by atoms with Crippen LogP contribution in [0.15, 0.2) is 78.9 Å². The third kappa shape index (κ3) is 3.63. The molecular weight excluding hydrogens is 414 g/mol. The van der Waals surface area contributed by atoms with Crippen LogP contribution in [0.25, 0.3) is 0 Å². The van der Waals surface area contributed by atoms with Crippen LogP contribution in [0, 0.1) is 0 Å². The number of rotatable bonds is 4. The highest BCUT2D eigenvalue weighted by Crippen LogP contribution is 2.51.